The number of benzene rings is 1. The van der Waals surface area contributed by atoms with Gasteiger partial charge in [0.2, 0.25) is 11.8 Å². The van der Waals surface area contributed by atoms with Crippen LogP contribution in [0.2, 0.25) is 0 Å². The van der Waals surface area contributed by atoms with Gasteiger partial charge in [0, 0.05) is 58.9 Å². The summed E-state index contributed by atoms with van der Waals surface area (Å²) in [4.78, 5) is 34.4. The second-order valence-corrected chi connectivity index (χ2v) is 7.81. The maximum Gasteiger partial charge on any atom is 1.00 e. The molecular weight excluding hydrogens is 587 g/mol. The van der Waals surface area contributed by atoms with Gasteiger partial charge in [-0.1, -0.05) is 37.9 Å². The molecular formula is C23H39FKN6O5Y-. The van der Waals surface area contributed by atoms with Crippen LogP contribution in [0.4, 0.5) is 4.39 Å². The van der Waals surface area contributed by atoms with Crippen LogP contribution in [-0.4, -0.2) is 97.0 Å². The number of hydrogen-bond acceptors (Lipinski definition) is 6. The molecule has 0 aromatic heterocycles. The van der Waals surface area contributed by atoms with E-state index in [0.717, 1.165) is 38.3 Å². The summed E-state index contributed by atoms with van der Waals surface area (Å²) in [6.45, 7) is 6.89. The number of carboxylic acid groups (broad SMARTS) is 1. The number of piperazine rings is 1. The SMILES string of the molecule is CCN1CCN(O)CC1.C[N-]C(Cc1ccc(F)cc1)C(=O)NC(CCCC[NH-])C(N)=O.O=CO.[K+].[Y]. The van der Waals surface area contributed by atoms with Crippen molar-refractivity contribution in [3.63, 3.8) is 0 Å². The number of halogens is 1. The van der Waals surface area contributed by atoms with Crippen LogP contribution in [0.3, 0.4) is 0 Å². The van der Waals surface area contributed by atoms with E-state index in [2.05, 4.69) is 22.5 Å². The number of carbonyl (C=O) groups is 3. The van der Waals surface area contributed by atoms with E-state index in [1.165, 1.54) is 24.2 Å². The van der Waals surface area contributed by atoms with Crippen LogP contribution >= 0.6 is 0 Å². The van der Waals surface area contributed by atoms with Crippen molar-refractivity contribution in [1.82, 2.24) is 15.3 Å². The summed E-state index contributed by atoms with van der Waals surface area (Å²) in [6, 6.07) is 4.42. The molecule has 1 fully saturated rings. The Bertz CT molecular complexity index is 730. The maximum absolute atomic E-state index is 12.9. The molecule has 1 heterocycles. The van der Waals surface area contributed by atoms with Crippen molar-refractivity contribution >= 4 is 18.3 Å². The van der Waals surface area contributed by atoms with Crippen LogP contribution in [0.15, 0.2) is 24.3 Å². The van der Waals surface area contributed by atoms with E-state index in [-0.39, 0.29) is 109 Å². The van der Waals surface area contributed by atoms with E-state index in [1.807, 2.05) is 0 Å². The third-order valence-electron chi connectivity index (χ3n) is 5.33. The first kappa shape index (κ1) is 41.6. The van der Waals surface area contributed by atoms with Gasteiger partial charge in [0.25, 0.3) is 6.47 Å². The van der Waals surface area contributed by atoms with Crippen molar-refractivity contribution in [3.05, 3.63) is 46.7 Å². The molecule has 2 unspecified atom stereocenters. The number of likely N-dealkylation sites (N-methyl/N-ethyl adjacent to an activating group) is 2. The molecule has 6 N–H and O–H groups in total. The van der Waals surface area contributed by atoms with Gasteiger partial charge in [0.15, 0.2) is 0 Å². The van der Waals surface area contributed by atoms with Gasteiger partial charge in [-0.15, -0.1) is 0 Å². The number of amides is 2. The minimum atomic E-state index is -0.758. The molecule has 0 saturated carbocycles. The van der Waals surface area contributed by atoms with Gasteiger partial charge in [-0.3, -0.25) is 14.4 Å². The minimum Gasteiger partial charge on any atom is -0.677 e. The average molecular weight is 627 g/mol. The normalized spacial score (nSPS) is 14.6. The van der Waals surface area contributed by atoms with Crippen molar-refractivity contribution in [2.75, 3.05) is 46.3 Å². The summed E-state index contributed by atoms with van der Waals surface area (Å²) in [6.07, 6.45) is 2.02. The molecule has 1 radical (unpaired) electrons. The van der Waals surface area contributed by atoms with Crippen LogP contribution in [0, 0.1) is 5.82 Å². The van der Waals surface area contributed by atoms with Gasteiger partial charge >= 0.3 is 51.4 Å². The first-order chi connectivity index (χ1) is 16.7. The van der Waals surface area contributed by atoms with E-state index in [1.54, 1.807) is 12.1 Å². The Morgan fingerprint density at radius 3 is 2.19 bits per heavy atom. The first-order valence-corrected chi connectivity index (χ1v) is 11.5. The molecule has 1 aromatic carbocycles. The van der Waals surface area contributed by atoms with Gasteiger partial charge in [-0.2, -0.15) is 18.7 Å². The second-order valence-electron chi connectivity index (χ2n) is 7.81. The number of nitrogens with two attached hydrogens (primary N) is 1. The van der Waals surface area contributed by atoms with E-state index < -0.39 is 18.0 Å². The fourth-order valence-corrected chi connectivity index (χ4v) is 3.23. The van der Waals surface area contributed by atoms with Gasteiger partial charge < -0.3 is 37.3 Å². The van der Waals surface area contributed by atoms with Gasteiger partial charge in [-0.05, 0) is 37.1 Å². The molecule has 0 aliphatic carbocycles. The summed E-state index contributed by atoms with van der Waals surface area (Å²) in [5.41, 5.74) is 13.2. The van der Waals surface area contributed by atoms with Crippen molar-refractivity contribution in [2.45, 2.75) is 44.7 Å². The second kappa shape index (κ2) is 26.3. The number of hydrogen-bond donors (Lipinski definition) is 4. The van der Waals surface area contributed by atoms with E-state index in [4.69, 9.17) is 26.6 Å². The summed E-state index contributed by atoms with van der Waals surface area (Å²) in [5, 5.41) is 23.8. The molecule has 2 rings (SSSR count). The molecule has 1 aliphatic rings. The molecule has 37 heavy (non-hydrogen) atoms. The number of unbranched alkanes of at least 4 members (excludes halogenated alkanes) is 1. The minimum absolute atomic E-state index is 0. The van der Waals surface area contributed by atoms with Crippen molar-refractivity contribution in [3.8, 4) is 0 Å². The molecule has 0 bridgehead atoms. The van der Waals surface area contributed by atoms with Gasteiger partial charge in [0.05, 0.1) is 0 Å². The summed E-state index contributed by atoms with van der Waals surface area (Å²) < 4.78 is 12.9. The molecule has 1 saturated heterocycles. The molecule has 14 heteroatoms. The Labute approximate surface area is 286 Å². The number of hydroxylamine groups is 2. The number of rotatable bonds is 11. The molecule has 1 aliphatic heterocycles. The third kappa shape index (κ3) is 20.6. The van der Waals surface area contributed by atoms with Crippen molar-refractivity contribution in [2.24, 2.45) is 5.73 Å². The third-order valence-corrected chi connectivity index (χ3v) is 5.33. The molecule has 203 valence electrons. The molecule has 0 spiro atoms. The standard InChI is InChI=1S/C16H23FN4O2.C6H14N2O.CH2O2.K.Y/c1-20-14(10-11-5-7-12(17)8-6-11)16(23)21-13(15(19)22)4-2-3-9-18;1-2-7-3-5-8(9)6-4-7;2-1-3;;/h5-8,13-14,18H,2-4,9-10H2,1H3,(H2,19,22)(H,21,23);9H,2-6H2,1H3;1H,(H,2,3);;/q-2;;;+1;. The van der Waals surface area contributed by atoms with Crippen LogP contribution in [0.5, 0.6) is 0 Å². The fourth-order valence-electron chi connectivity index (χ4n) is 3.23. The van der Waals surface area contributed by atoms with E-state index >= 15 is 0 Å². The topological polar surface area (TPSA) is 174 Å². The Kier molecular flexibility index (Phi) is 29.6. The molecule has 2 atom stereocenters. The van der Waals surface area contributed by atoms with Gasteiger partial charge in [-0.25, -0.2) is 4.39 Å². The Hall–Kier alpha value is 0.100. The molecule has 11 nitrogen and oxygen atoms in total. The summed E-state index contributed by atoms with van der Waals surface area (Å²) in [5.74, 6) is -1.32. The largest absolute Gasteiger partial charge is 1.00 e. The monoisotopic (exact) mass is 626 g/mol. The van der Waals surface area contributed by atoms with Crippen molar-refractivity contribution in [1.29, 1.82) is 0 Å². The summed E-state index contributed by atoms with van der Waals surface area (Å²) in [7, 11) is 1.52. The Morgan fingerprint density at radius 2 is 1.76 bits per heavy atom. The molecule has 1 aromatic rings. The van der Waals surface area contributed by atoms with Gasteiger partial charge in [0.1, 0.15) is 11.9 Å². The number of primary amides is 1. The average Bonchev–Trinajstić information content (AvgIpc) is 2.84. The van der Waals surface area contributed by atoms with Crippen LogP contribution in [-0.2, 0) is 53.5 Å². The zero-order valence-electron chi connectivity index (χ0n) is 22.1. The van der Waals surface area contributed by atoms with E-state index in [9.17, 15) is 14.0 Å². The first-order valence-electron chi connectivity index (χ1n) is 11.5. The predicted octanol–water partition coefficient (Wildman–Crippen LogP) is -1.35. The number of nitrogens with zero attached hydrogens (tertiary/aromatic N) is 3. The smallest absolute Gasteiger partial charge is 0.677 e. The quantitative estimate of drug-likeness (QED) is 0.133. The maximum atomic E-state index is 12.9. The fraction of sp³-hybridized carbons (Fsp3) is 0.609. The molecule has 2 amide bonds. The van der Waals surface area contributed by atoms with Crippen LogP contribution in [0.25, 0.3) is 11.1 Å². The number of carbonyl (C=O) groups excluding carboxylic acids is 2. The van der Waals surface area contributed by atoms with Crippen molar-refractivity contribution < 1.29 is 113 Å². The zero-order valence-corrected chi connectivity index (χ0v) is 28.1. The Balaban J connectivity index is -0.000000688. The zero-order chi connectivity index (χ0) is 26.6. The van der Waals surface area contributed by atoms with E-state index in [0.29, 0.717) is 25.7 Å². The summed E-state index contributed by atoms with van der Waals surface area (Å²) >= 11 is 0. The number of nitrogens with one attached hydrogen (secondary N) is 2. The van der Waals surface area contributed by atoms with Crippen LogP contribution in [0.1, 0.15) is 31.7 Å². The predicted molar refractivity (Wildman–Crippen MR) is 132 cm³/mol. The van der Waals surface area contributed by atoms with Crippen LogP contribution < -0.4 is 62.4 Å². The Morgan fingerprint density at radius 1 is 1.22 bits per heavy atom.